The second-order valence-electron chi connectivity index (χ2n) is 5.83. The van der Waals surface area contributed by atoms with Crippen LogP contribution in [0.15, 0.2) is 0 Å². The molecule has 1 heterocycles. The van der Waals surface area contributed by atoms with E-state index in [-0.39, 0.29) is 6.61 Å². The van der Waals surface area contributed by atoms with E-state index in [0.717, 1.165) is 27.7 Å². The van der Waals surface area contributed by atoms with E-state index in [0.29, 0.717) is 0 Å². The normalized spacial score (nSPS) is 27.1. The Morgan fingerprint density at radius 2 is 1.30 bits per heavy atom. The van der Waals surface area contributed by atoms with E-state index in [1.165, 1.54) is 6.92 Å². The third kappa shape index (κ3) is 7.21. The van der Waals surface area contributed by atoms with Crippen LogP contribution in [0.2, 0.25) is 0 Å². The zero-order chi connectivity index (χ0) is 20.7. The second kappa shape index (κ2) is 9.86. The van der Waals surface area contributed by atoms with Crippen molar-refractivity contribution in [3.05, 3.63) is 0 Å². The van der Waals surface area contributed by atoms with Crippen molar-refractivity contribution in [1.82, 2.24) is 5.32 Å². The molecule has 0 bridgehead atoms. The van der Waals surface area contributed by atoms with Crippen molar-refractivity contribution < 1.29 is 47.7 Å². The van der Waals surface area contributed by atoms with Crippen LogP contribution in [0.4, 0.5) is 0 Å². The molecule has 5 atom stereocenters. The van der Waals surface area contributed by atoms with Crippen molar-refractivity contribution in [3.8, 4) is 0 Å². The van der Waals surface area contributed by atoms with Crippen LogP contribution >= 0.6 is 0 Å². The molecule has 11 heteroatoms. The van der Waals surface area contributed by atoms with Gasteiger partial charge in [-0.15, -0.1) is 0 Å². The van der Waals surface area contributed by atoms with Crippen LogP contribution in [0.1, 0.15) is 34.6 Å². The summed E-state index contributed by atoms with van der Waals surface area (Å²) in [6, 6.07) is -1.16. The molecular formula is C16H23NO10. The monoisotopic (exact) mass is 389 g/mol. The Kier molecular flexibility index (Phi) is 8.16. The minimum absolute atomic E-state index is 0.365. The van der Waals surface area contributed by atoms with Crippen LogP contribution in [0, 0.1) is 0 Å². The van der Waals surface area contributed by atoms with Crippen molar-refractivity contribution in [2.24, 2.45) is 0 Å². The molecular weight excluding hydrogens is 366 g/mol. The molecule has 11 nitrogen and oxygen atoms in total. The highest BCUT2D eigenvalue weighted by molar-refractivity contribution is 5.74. The quantitative estimate of drug-likeness (QED) is 0.453. The minimum atomic E-state index is -1.37. The molecule has 0 saturated carbocycles. The van der Waals surface area contributed by atoms with Crippen molar-refractivity contribution >= 4 is 29.8 Å². The van der Waals surface area contributed by atoms with Gasteiger partial charge in [0.15, 0.2) is 12.2 Å². The molecule has 0 aliphatic carbocycles. The summed E-state index contributed by atoms with van der Waals surface area (Å²) < 4.78 is 25.9. The summed E-state index contributed by atoms with van der Waals surface area (Å²) in [7, 11) is 0. The number of hydrogen-bond acceptors (Lipinski definition) is 10. The van der Waals surface area contributed by atoms with E-state index < -0.39 is 60.4 Å². The van der Waals surface area contributed by atoms with Crippen molar-refractivity contribution in [3.63, 3.8) is 0 Å². The molecule has 0 aromatic heterocycles. The number of nitrogens with one attached hydrogen (secondary N) is 1. The van der Waals surface area contributed by atoms with Crippen LogP contribution < -0.4 is 5.32 Å². The molecule has 1 aliphatic heterocycles. The Morgan fingerprint density at radius 1 is 0.778 bits per heavy atom. The van der Waals surface area contributed by atoms with Crippen molar-refractivity contribution in [1.29, 1.82) is 0 Å². The van der Waals surface area contributed by atoms with Gasteiger partial charge in [0.05, 0.1) is 0 Å². The maximum Gasteiger partial charge on any atom is 0.305 e. The van der Waals surface area contributed by atoms with Crippen LogP contribution in [-0.2, 0) is 47.7 Å². The number of amides is 1. The van der Waals surface area contributed by atoms with Gasteiger partial charge in [0.2, 0.25) is 12.2 Å². The zero-order valence-electron chi connectivity index (χ0n) is 15.7. The van der Waals surface area contributed by atoms with Gasteiger partial charge in [-0.1, -0.05) is 0 Å². The lowest BCUT2D eigenvalue weighted by molar-refractivity contribution is -0.270. The van der Waals surface area contributed by atoms with Crippen LogP contribution in [0.5, 0.6) is 0 Å². The summed E-state index contributed by atoms with van der Waals surface area (Å²) in [4.78, 5) is 57.2. The van der Waals surface area contributed by atoms with E-state index in [4.69, 9.17) is 23.7 Å². The van der Waals surface area contributed by atoms with Gasteiger partial charge in [0, 0.05) is 34.6 Å². The average molecular weight is 389 g/mol. The number of ether oxygens (including phenoxy) is 5. The zero-order valence-corrected chi connectivity index (χ0v) is 15.7. The predicted molar refractivity (Wildman–Crippen MR) is 85.8 cm³/mol. The van der Waals surface area contributed by atoms with Gasteiger partial charge in [-0.25, -0.2) is 0 Å². The average Bonchev–Trinajstić information content (AvgIpc) is 2.49. The van der Waals surface area contributed by atoms with Crippen LogP contribution in [-0.4, -0.2) is 67.0 Å². The lowest BCUT2D eigenvalue weighted by atomic mass is 9.96. The molecule has 27 heavy (non-hydrogen) atoms. The maximum atomic E-state index is 11.6. The molecule has 0 aromatic rings. The first-order valence-corrected chi connectivity index (χ1v) is 8.08. The fraction of sp³-hybridized carbons (Fsp3) is 0.688. The van der Waals surface area contributed by atoms with E-state index >= 15 is 0 Å². The molecule has 0 spiro atoms. The highest BCUT2D eigenvalue weighted by atomic mass is 16.7. The molecule has 1 aliphatic rings. The fourth-order valence-corrected chi connectivity index (χ4v) is 2.55. The third-order valence-electron chi connectivity index (χ3n) is 3.35. The number of carbonyl (C=O) groups excluding carboxylic acids is 5. The van der Waals surface area contributed by atoms with Crippen LogP contribution in [0.3, 0.4) is 0 Å². The Hall–Kier alpha value is -2.69. The Balaban J connectivity index is 3.29. The summed E-state index contributed by atoms with van der Waals surface area (Å²) in [5.41, 5.74) is 0. The molecule has 0 aromatic carbocycles. The number of rotatable bonds is 6. The van der Waals surface area contributed by atoms with Crippen molar-refractivity contribution in [2.75, 3.05) is 6.61 Å². The van der Waals surface area contributed by atoms with Gasteiger partial charge in [-0.05, 0) is 0 Å². The van der Waals surface area contributed by atoms with E-state index in [2.05, 4.69) is 5.32 Å². The van der Waals surface area contributed by atoms with Gasteiger partial charge < -0.3 is 29.0 Å². The summed E-state index contributed by atoms with van der Waals surface area (Å²) in [6.07, 6.45) is -4.97. The first-order chi connectivity index (χ1) is 12.5. The fourth-order valence-electron chi connectivity index (χ4n) is 2.55. The third-order valence-corrected chi connectivity index (χ3v) is 3.35. The molecule has 1 N–H and O–H groups in total. The first-order valence-electron chi connectivity index (χ1n) is 8.08. The largest absolute Gasteiger partial charge is 0.463 e. The predicted octanol–water partition coefficient (Wildman–Crippen LogP) is -0.794. The van der Waals surface area contributed by atoms with E-state index in [9.17, 15) is 24.0 Å². The van der Waals surface area contributed by atoms with E-state index in [1.54, 1.807) is 0 Å². The second-order valence-corrected chi connectivity index (χ2v) is 5.83. The number of hydrogen-bond donors (Lipinski definition) is 1. The highest BCUT2D eigenvalue weighted by Crippen LogP contribution is 2.28. The van der Waals surface area contributed by atoms with Crippen molar-refractivity contribution in [2.45, 2.75) is 65.3 Å². The summed E-state index contributed by atoms with van der Waals surface area (Å²) in [5.74, 6) is -3.34. The Bertz CT molecular complexity index is 604. The van der Waals surface area contributed by atoms with Crippen LogP contribution in [0.25, 0.3) is 0 Å². The topological polar surface area (TPSA) is 144 Å². The Labute approximate surface area is 155 Å². The smallest absolute Gasteiger partial charge is 0.305 e. The Morgan fingerprint density at radius 3 is 1.74 bits per heavy atom. The van der Waals surface area contributed by atoms with Gasteiger partial charge in [-0.3, -0.25) is 24.0 Å². The van der Waals surface area contributed by atoms with Gasteiger partial charge in [0.1, 0.15) is 18.8 Å². The number of esters is 4. The maximum absolute atomic E-state index is 11.6. The lowest BCUT2D eigenvalue weighted by Gasteiger charge is -2.44. The molecule has 0 unspecified atom stereocenters. The summed E-state index contributed by atoms with van der Waals surface area (Å²) >= 11 is 0. The molecule has 1 fully saturated rings. The minimum Gasteiger partial charge on any atom is -0.463 e. The van der Waals surface area contributed by atoms with Gasteiger partial charge in [-0.2, -0.15) is 0 Å². The summed E-state index contributed by atoms with van der Waals surface area (Å²) in [5, 5.41) is 2.46. The molecule has 1 saturated heterocycles. The standard InChI is InChI=1S/C16H23NO10/c1-7(18)17-13-15(25-10(4)21)14(24-9(3)20)12(6-23-8(2)19)27-16(13)26-11(5)22/h12-16H,6H2,1-5H3,(H,17,18)/t12-,13-,14-,15-,16-/m1/s1. The summed E-state index contributed by atoms with van der Waals surface area (Å²) in [6.45, 7) is 5.36. The lowest BCUT2D eigenvalue weighted by Crippen LogP contribution is -2.66. The van der Waals surface area contributed by atoms with Gasteiger partial charge in [0.25, 0.3) is 0 Å². The molecule has 1 rings (SSSR count). The highest BCUT2D eigenvalue weighted by Gasteiger charge is 2.52. The molecule has 1 amide bonds. The van der Waals surface area contributed by atoms with E-state index in [1.807, 2.05) is 0 Å². The first kappa shape index (κ1) is 22.4. The molecule has 0 radical (unpaired) electrons. The SMILES string of the molecule is CC(=O)N[C@H]1[C@H](OC(C)=O)O[C@H](COC(C)=O)[C@@H](OC(C)=O)[C@@H]1OC(C)=O. The van der Waals surface area contributed by atoms with Gasteiger partial charge >= 0.3 is 23.9 Å². The number of carbonyl (C=O) groups is 5. The molecule has 152 valence electrons.